The molecule has 1 aromatic heterocycles. The van der Waals surface area contributed by atoms with E-state index in [4.69, 9.17) is 5.11 Å². The van der Waals surface area contributed by atoms with Crippen molar-refractivity contribution in [2.75, 3.05) is 0 Å². The summed E-state index contributed by atoms with van der Waals surface area (Å²) in [6.07, 6.45) is 1.34. The lowest BCUT2D eigenvalue weighted by atomic mass is 9.96. The second kappa shape index (κ2) is 5.22. The van der Waals surface area contributed by atoms with Gasteiger partial charge in [0.15, 0.2) is 11.6 Å². The van der Waals surface area contributed by atoms with Crippen molar-refractivity contribution in [1.29, 1.82) is 0 Å². The zero-order valence-corrected chi connectivity index (χ0v) is 9.95. The van der Waals surface area contributed by atoms with Crippen LogP contribution in [0, 0.1) is 11.6 Å². The molecule has 0 spiro atoms. The van der Waals surface area contributed by atoms with Gasteiger partial charge >= 0.3 is 5.97 Å². The lowest BCUT2D eigenvalue weighted by Crippen LogP contribution is -2.08. The van der Waals surface area contributed by atoms with Crippen molar-refractivity contribution >= 4 is 17.3 Å². The third-order valence-electron chi connectivity index (χ3n) is 2.47. The Hall–Kier alpha value is -1.82. The van der Waals surface area contributed by atoms with E-state index in [1.165, 1.54) is 17.4 Å². The molecule has 2 aromatic rings. The van der Waals surface area contributed by atoms with Gasteiger partial charge in [-0.25, -0.2) is 13.8 Å². The molecule has 94 valence electrons. The number of hydrogen-bond donors (Lipinski definition) is 1. The maximum absolute atomic E-state index is 13.2. The van der Waals surface area contributed by atoms with Crippen molar-refractivity contribution < 1.29 is 18.7 Å². The van der Waals surface area contributed by atoms with Crippen LogP contribution >= 0.6 is 11.3 Å². The van der Waals surface area contributed by atoms with Gasteiger partial charge in [-0.15, -0.1) is 11.3 Å². The van der Waals surface area contributed by atoms with E-state index >= 15 is 0 Å². The summed E-state index contributed by atoms with van der Waals surface area (Å²) in [7, 11) is 0. The summed E-state index contributed by atoms with van der Waals surface area (Å²) in [6.45, 7) is 0. The van der Waals surface area contributed by atoms with Gasteiger partial charge in [0.2, 0.25) is 0 Å². The molecule has 0 radical (unpaired) electrons. The molecular formula is C12H9F2NO2S. The molecule has 6 heteroatoms. The van der Waals surface area contributed by atoms with Crippen LogP contribution in [0.25, 0.3) is 0 Å². The number of hydrogen-bond acceptors (Lipinski definition) is 3. The minimum atomic E-state index is -1.01. The molecule has 2 rings (SSSR count). The Kier molecular flexibility index (Phi) is 3.66. The molecule has 0 aliphatic heterocycles. The van der Waals surface area contributed by atoms with Crippen molar-refractivity contribution in [2.24, 2.45) is 0 Å². The van der Waals surface area contributed by atoms with Crippen molar-refractivity contribution in [3.8, 4) is 0 Å². The van der Waals surface area contributed by atoms with E-state index in [1.54, 1.807) is 11.6 Å². The summed E-state index contributed by atoms with van der Waals surface area (Å²) in [5.41, 5.74) is 0.409. The zero-order valence-electron chi connectivity index (χ0n) is 9.14. The van der Waals surface area contributed by atoms with Crippen LogP contribution in [0.4, 0.5) is 8.78 Å². The standard InChI is InChI=1S/C12H9F2NO2S/c13-9-2-1-7(5-10(9)14)8(6-11(16)17)12-15-3-4-18-12/h1-5,8H,6H2,(H,16,17). The van der Waals surface area contributed by atoms with Crippen LogP contribution in [0.3, 0.4) is 0 Å². The molecule has 1 N–H and O–H groups in total. The highest BCUT2D eigenvalue weighted by molar-refractivity contribution is 7.09. The van der Waals surface area contributed by atoms with Crippen molar-refractivity contribution in [1.82, 2.24) is 4.98 Å². The normalized spacial score (nSPS) is 12.3. The molecule has 1 heterocycles. The smallest absolute Gasteiger partial charge is 0.304 e. The van der Waals surface area contributed by atoms with Gasteiger partial charge in [0, 0.05) is 17.5 Å². The Balaban J connectivity index is 2.39. The molecule has 0 saturated carbocycles. The van der Waals surface area contributed by atoms with Crippen LogP contribution in [0.2, 0.25) is 0 Å². The Morgan fingerprint density at radius 3 is 2.72 bits per heavy atom. The number of carbonyl (C=O) groups is 1. The first-order valence-corrected chi connectivity index (χ1v) is 6.02. The highest BCUT2D eigenvalue weighted by atomic mass is 32.1. The Morgan fingerprint density at radius 1 is 1.39 bits per heavy atom. The van der Waals surface area contributed by atoms with Gasteiger partial charge in [0.1, 0.15) is 5.01 Å². The number of carboxylic acids is 1. The van der Waals surface area contributed by atoms with E-state index in [0.29, 0.717) is 10.6 Å². The van der Waals surface area contributed by atoms with Gasteiger partial charge in [-0.05, 0) is 17.7 Å². The maximum Gasteiger partial charge on any atom is 0.304 e. The molecule has 0 fully saturated rings. The minimum Gasteiger partial charge on any atom is -0.481 e. The fourth-order valence-electron chi connectivity index (χ4n) is 1.66. The highest BCUT2D eigenvalue weighted by Crippen LogP contribution is 2.30. The summed E-state index contributed by atoms with van der Waals surface area (Å²) in [4.78, 5) is 14.9. The van der Waals surface area contributed by atoms with Gasteiger partial charge in [0.05, 0.1) is 6.42 Å². The van der Waals surface area contributed by atoms with Crippen molar-refractivity contribution in [3.05, 3.63) is 52.0 Å². The van der Waals surface area contributed by atoms with E-state index in [0.717, 1.165) is 12.1 Å². The van der Waals surface area contributed by atoms with E-state index in [2.05, 4.69) is 4.98 Å². The molecule has 3 nitrogen and oxygen atoms in total. The number of rotatable bonds is 4. The molecule has 0 saturated heterocycles. The fourth-order valence-corrected chi connectivity index (χ4v) is 2.42. The molecule has 1 aromatic carbocycles. The van der Waals surface area contributed by atoms with Gasteiger partial charge in [-0.1, -0.05) is 6.07 Å². The van der Waals surface area contributed by atoms with Crippen LogP contribution in [-0.4, -0.2) is 16.1 Å². The lowest BCUT2D eigenvalue weighted by molar-refractivity contribution is -0.137. The number of nitrogens with zero attached hydrogens (tertiary/aromatic N) is 1. The largest absolute Gasteiger partial charge is 0.481 e. The topological polar surface area (TPSA) is 50.2 Å². The first-order chi connectivity index (χ1) is 8.58. The highest BCUT2D eigenvalue weighted by Gasteiger charge is 2.21. The number of halogens is 2. The first-order valence-electron chi connectivity index (χ1n) is 5.14. The number of thiazole rings is 1. The zero-order chi connectivity index (χ0) is 13.1. The average Bonchev–Trinajstić information content (AvgIpc) is 2.83. The van der Waals surface area contributed by atoms with Crippen LogP contribution in [-0.2, 0) is 4.79 Å². The van der Waals surface area contributed by atoms with E-state index < -0.39 is 23.5 Å². The van der Waals surface area contributed by atoms with Crippen molar-refractivity contribution in [2.45, 2.75) is 12.3 Å². The van der Waals surface area contributed by atoms with Crippen molar-refractivity contribution in [3.63, 3.8) is 0 Å². The number of benzene rings is 1. The van der Waals surface area contributed by atoms with Gasteiger partial charge in [-0.3, -0.25) is 4.79 Å². The summed E-state index contributed by atoms with van der Waals surface area (Å²) < 4.78 is 26.0. The van der Waals surface area contributed by atoms with Crippen LogP contribution in [0.5, 0.6) is 0 Å². The third kappa shape index (κ3) is 2.70. The Morgan fingerprint density at radius 2 is 2.17 bits per heavy atom. The summed E-state index contributed by atoms with van der Waals surface area (Å²) >= 11 is 1.29. The van der Waals surface area contributed by atoms with E-state index in [-0.39, 0.29) is 6.42 Å². The predicted molar refractivity (Wildman–Crippen MR) is 62.6 cm³/mol. The van der Waals surface area contributed by atoms with Crippen LogP contribution < -0.4 is 0 Å². The minimum absolute atomic E-state index is 0.210. The average molecular weight is 269 g/mol. The molecule has 18 heavy (non-hydrogen) atoms. The predicted octanol–water partition coefficient (Wildman–Crippen LogP) is 3.03. The molecule has 1 atom stereocenters. The number of carboxylic acid groups (broad SMARTS) is 1. The van der Waals surface area contributed by atoms with Gasteiger partial charge in [-0.2, -0.15) is 0 Å². The maximum atomic E-state index is 13.2. The second-order valence-electron chi connectivity index (χ2n) is 3.69. The monoisotopic (exact) mass is 269 g/mol. The molecule has 0 aliphatic carbocycles. The molecular weight excluding hydrogens is 260 g/mol. The Labute approximate surface area is 106 Å². The Bertz CT molecular complexity index is 557. The van der Waals surface area contributed by atoms with Crippen LogP contribution in [0.15, 0.2) is 29.8 Å². The fraction of sp³-hybridized carbons (Fsp3) is 0.167. The summed E-state index contributed by atoms with van der Waals surface area (Å²) in [6, 6.07) is 3.39. The molecule has 0 bridgehead atoms. The second-order valence-corrected chi connectivity index (χ2v) is 4.62. The number of aliphatic carboxylic acids is 1. The quantitative estimate of drug-likeness (QED) is 0.928. The van der Waals surface area contributed by atoms with Gasteiger partial charge < -0.3 is 5.11 Å². The van der Waals surface area contributed by atoms with Crippen LogP contribution in [0.1, 0.15) is 22.9 Å². The summed E-state index contributed by atoms with van der Waals surface area (Å²) in [5.74, 6) is -3.51. The SMILES string of the molecule is O=C(O)CC(c1ccc(F)c(F)c1)c1nccs1. The molecule has 0 aliphatic rings. The first kappa shape index (κ1) is 12.6. The number of aromatic nitrogens is 1. The lowest BCUT2D eigenvalue weighted by Gasteiger charge is -2.12. The van der Waals surface area contributed by atoms with E-state index in [9.17, 15) is 13.6 Å². The molecule has 0 amide bonds. The van der Waals surface area contributed by atoms with E-state index in [1.807, 2.05) is 0 Å². The summed E-state index contributed by atoms with van der Waals surface area (Å²) in [5, 5.41) is 11.2. The molecule has 1 unspecified atom stereocenters. The van der Waals surface area contributed by atoms with Gasteiger partial charge in [0.25, 0.3) is 0 Å². The third-order valence-corrected chi connectivity index (χ3v) is 3.36.